The lowest BCUT2D eigenvalue weighted by Crippen LogP contribution is -2.55. The molecule has 1 aromatic rings. The molecule has 0 radical (unpaired) electrons. The Morgan fingerprint density at radius 1 is 0.973 bits per heavy atom. The highest BCUT2D eigenvalue weighted by atomic mass is 32.2. The molecule has 8 atom stereocenters. The smallest absolute Gasteiger partial charge is 0.297 e. The van der Waals surface area contributed by atoms with Crippen molar-refractivity contribution >= 4 is 15.9 Å². The fourth-order valence-corrected chi connectivity index (χ4v) is 11.5. The van der Waals surface area contributed by atoms with Crippen molar-refractivity contribution in [3.63, 3.8) is 0 Å². The number of hydrogen-bond donors (Lipinski definition) is 0. The summed E-state index contributed by atoms with van der Waals surface area (Å²) in [6, 6.07) is 6.94. The van der Waals surface area contributed by atoms with E-state index in [-0.39, 0.29) is 27.2 Å². The molecule has 0 heterocycles. The second-order valence-electron chi connectivity index (χ2n) is 13.6. The number of carbonyl (C=O) groups is 1. The second kappa shape index (κ2) is 8.78. The molecule has 4 fully saturated rings. The summed E-state index contributed by atoms with van der Waals surface area (Å²) in [5, 5.41) is 0. The number of aryl methyl sites for hydroxylation is 1. The maximum Gasteiger partial charge on any atom is 0.297 e. The van der Waals surface area contributed by atoms with Crippen LogP contribution in [0.2, 0.25) is 0 Å². The van der Waals surface area contributed by atoms with E-state index in [4.69, 9.17) is 4.18 Å². The van der Waals surface area contributed by atoms with Crippen molar-refractivity contribution in [2.24, 2.45) is 39.9 Å². The van der Waals surface area contributed by atoms with Gasteiger partial charge in [-0.05, 0) is 118 Å². The zero-order valence-electron chi connectivity index (χ0n) is 23.1. The van der Waals surface area contributed by atoms with Gasteiger partial charge in [0.05, 0.1) is 11.0 Å². The number of rotatable bonds is 4. The largest absolute Gasteiger partial charge is 0.299 e. The van der Waals surface area contributed by atoms with Gasteiger partial charge >= 0.3 is 0 Å². The van der Waals surface area contributed by atoms with E-state index in [9.17, 15) is 13.2 Å². The Bertz CT molecular complexity index is 1220. The first-order chi connectivity index (χ1) is 17.5. The molecule has 0 amide bonds. The fourth-order valence-electron chi connectivity index (χ4n) is 10.4. The monoisotopic (exact) mass is 524 g/mol. The molecule has 4 nitrogen and oxygen atoms in total. The average molecular weight is 525 g/mol. The third kappa shape index (κ3) is 3.69. The third-order valence-corrected chi connectivity index (χ3v) is 13.7. The molecule has 0 aliphatic heterocycles. The van der Waals surface area contributed by atoms with E-state index in [2.05, 4.69) is 19.9 Å². The maximum atomic E-state index is 13.3. The van der Waals surface area contributed by atoms with Crippen LogP contribution >= 0.6 is 0 Å². The lowest BCUT2D eigenvalue weighted by atomic mass is 9.44. The zero-order valence-corrected chi connectivity index (χ0v) is 23.9. The molecule has 5 aliphatic carbocycles. The van der Waals surface area contributed by atoms with E-state index in [0.29, 0.717) is 35.9 Å². The first-order valence-electron chi connectivity index (χ1n) is 14.7. The van der Waals surface area contributed by atoms with Gasteiger partial charge in [0.25, 0.3) is 10.1 Å². The summed E-state index contributed by atoms with van der Waals surface area (Å²) >= 11 is 0. The van der Waals surface area contributed by atoms with Gasteiger partial charge in [0.15, 0.2) is 0 Å². The SMILES string of the molecule is CC(=O)[C@]12CCCC[C@@H]1C[C@@H]1[C@@H]3CC=C4C[C@@H](OS(=O)(=O)c5ccc(C)cc5)CC[C@]4(C)[C@H]3CC[C@@]12C. The van der Waals surface area contributed by atoms with Crippen LogP contribution in [0.25, 0.3) is 0 Å². The summed E-state index contributed by atoms with van der Waals surface area (Å²) in [4.78, 5) is 13.6. The summed E-state index contributed by atoms with van der Waals surface area (Å²) in [6.07, 6.45) is 14.2. The fraction of sp³-hybridized carbons (Fsp3) is 0.719. The Hall–Kier alpha value is -1.46. The summed E-state index contributed by atoms with van der Waals surface area (Å²) in [5.41, 5.74) is 2.61. The highest BCUT2D eigenvalue weighted by molar-refractivity contribution is 7.86. The van der Waals surface area contributed by atoms with Gasteiger partial charge in [-0.3, -0.25) is 8.98 Å². The Morgan fingerprint density at radius 2 is 1.73 bits per heavy atom. The van der Waals surface area contributed by atoms with E-state index < -0.39 is 10.1 Å². The Morgan fingerprint density at radius 3 is 2.46 bits per heavy atom. The number of benzene rings is 1. The lowest BCUT2D eigenvalue weighted by molar-refractivity contribution is -0.147. The van der Waals surface area contributed by atoms with E-state index in [1.54, 1.807) is 12.1 Å². The first-order valence-corrected chi connectivity index (χ1v) is 16.1. The van der Waals surface area contributed by atoms with Crippen LogP contribution in [0.1, 0.15) is 97.0 Å². The Kier molecular flexibility index (Phi) is 6.12. The van der Waals surface area contributed by atoms with Gasteiger partial charge in [0.1, 0.15) is 5.78 Å². The number of hydrogen-bond acceptors (Lipinski definition) is 4. The van der Waals surface area contributed by atoms with Crippen LogP contribution in [-0.4, -0.2) is 20.3 Å². The average Bonchev–Trinajstić information content (AvgIpc) is 3.14. The third-order valence-electron chi connectivity index (χ3n) is 12.3. The van der Waals surface area contributed by atoms with Crippen molar-refractivity contribution < 1.29 is 17.4 Å². The second-order valence-corrected chi connectivity index (χ2v) is 15.2. The molecule has 202 valence electrons. The van der Waals surface area contributed by atoms with Crippen molar-refractivity contribution in [1.82, 2.24) is 0 Å². The Balaban J connectivity index is 1.24. The molecule has 37 heavy (non-hydrogen) atoms. The molecule has 0 N–H and O–H groups in total. The van der Waals surface area contributed by atoms with Crippen LogP contribution in [0.4, 0.5) is 0 Å². The molecule has 4 saturated carbocycles. The molecule has 0 unspecified atom stereocenters. The molecule has 5 heteroatoms. The van der Waals surface area contributed by atoms with Crippen LogP contribution in [-0.2, 0) is 19.1 Å². The summed E-state index contributed by atoms with van der Waals surface area (Å²) in [5.74, 6) is 2.93. The number of allylic oxidation sites excluding steroid dienone is 1. The van der Waals surface area contributed by atoms with Crippen molar-refractivity contribution in [1.29, 1.82) is 0 Å². The molecule has 0 aromatic heterocycles. The molecule has 0 bridgehead atoms. The van der Waals surface area contributed by atoms with Gasteiger partial charge in [-0.2, -0.15) is 8.42 Å². The van der Waals surface area contributed by atoms with Crippen molar-refractivity contribution in [2.75, 3.05) is 0 Å². The van der Waals surface area contributed by atoms with Gasteiger partial charge < -0.3 is 0 Å². The van der Waals surface area contributed by atoms with Crippen molar-refractivity contribution in [3.8, 4) is 0 Å². The van der Waals surface area contributed by atoms with Gasteiger partial charge in [-0.15, -0.1) is 0 Å². The number of ketones is 1. The molecule has 0 spiro atoms. The van der Waals surface area contributed by atoms with Crippen LogP contribution in [0.15, 0.2) is 40.8 Å². The molecule has 6 rings (SSSR count). The van der Waals surface area contributed by atoms with Gasteiger partial charge in [0.2, 0.25) is 0 Å². The van der Waals surface area contributed by atoms with Gasteiger partial charge in [0, 0.05) is 5.41 Å². The normalized spacial score (nSPS) is 43.1. The summed E-state index contributed by atoms with van der Waals surface area (Å²) in [7, 11) is -3.76. The van der Waals surface area contributed by atoms with Gasteiger partial charge in [-0.25, -0.2) is 0 Å². The molecule has 1 aromatic carbocycles. The standard InChI is InChI=1S/C32H44O4S/c1-21-8-11-26(12-9-21)37(34,35)36-25-14-17-30(3)23(19-25)10-13-27-28(30)15-18-31(4)29(27)20-24-7-5-6-16-32(24,31)22(2)33/h8-12,24-25,27-29H,5-7,13-20H2,1-4H3/t24-,25+,27-,28+,29-,30+,31+,32-/m1/s1. The van der Waals surface area contributed by atoms with Crippen molar-refractivity contribution in [3.05, 3.63) is 41.5 Å². The predicted molar refractivity (Wildman–Crippen MR) is 145 cm³/mol. The lowest BCUT2D eigenvalue weighted by Gasteiger charge is -2.60. The Labute approximate surface area is 223 Å². The zero-order chi connectivity index (χ0) is 26.2. The first kappa shape index (κ1) is 25.8. The molecular weight excluding hydrogens is 480 g/mol. The van der Waals surface area contributed by atoms with Crippen LogP contribution < -0.4 is 0 Å². The highest BCUT2D eigenvalue weighted by Gasteiger charge is 2.68. The van der Waals surface area contributed by atoms with E-state index >= 15 is 0 Å². The van der Waals surface area contributed by atoms with E-state index in [1.807, 2.05) is 26.0 Å². The molecule has 5 aliphatic rings. The minimum atomic E-state index is -3.76. The van der Waals surface area contributed by atoms with Crippen LogP contribution in [0.5, 0.6) is 0 Å². The maximum absolute atomic E-state index is 13.3. The number of fused-ring (bicyclic) bond motifs is 7. The topological polar surface area (TPSA) is 60.4 Å². The minimum absolute atomic E-state index is 0.0956. The molecular formula is C32H44O4S. The number of carbonyl (C=O) groups excluding carboxylic acids is 1. The highest BCUT2D eigenvalue weighted by Crippen LogP contribution is 2.73. The van der Waals surface area contributed by atoms with E-state index in [0.717, 1.165) is 31.2 Å². The van der Waals surface area contributed by atoms with E-state index in [1.165, 1.54) is 44.1 Å². The quantitative estimate of drug-likeness (QED) is 0.304. The van der Waals surface area contributed by atoms with Crippen LogP contribution in [0, 0.1) is 46.8 Å². The predicted octanol–water partition coefficient (Wildman–Crippen LogP) is 7.41. The van der Waals surface area contributed by atoms with Crippen molar-refractivity contribution in [2.45, 2.75) is 109 Å². The number of Topliss-reactive ketones (excluding diaryl/α,β-unsaturated/α-hetero) is 1. The van der Waals surface area contributed by atoms with Gasteiger partial charge in [-0.1, -0.05) is 56.0 Å². The summed E-state index contributed by atoms with van der Waals surface area (Å²) in [6.45, 7) is 8.79. The van der Waals surface area contributed by atoms with Crippen LogP contribution in [0.3, 0.4) is 0 Å². The summed E-state index contributed by atoms with van der Waals surface area (Å²) < 4.78 is 31.8. The molecule has 0 saturated heterocycles. The minimum Gasteiger partial charge on any atom is -0.299 e.